The molecule has 2 saturated heterocycles. The van der Waals surface area contributed by atoms with Crippen molar-refractivity contribution in [1.29, 1.82) is 0 Å². The summed E-state index contributed by atoms with van der Waals surface area (Å²) in [6.45, 7) is 17.8. The van der Waals surface area contributed by atoms with Crippen LogP contribution in [0.2, 0.25) is 0 Å². The largest absolute Gasteiger partial charge is 0.370 e. The van der Waals surface area contributed by atoms with E-state index in [9.17, 15) is 0 Å². The molecule has 0 unspecified atom stereocenters. The van der Waals surface area contributed by atoms with E-state index in [1.165, 1.54) is 115 Å². The number of anilines is 2. The van der Waals surface area contributed by atoms with Gasteiger partial charge in [-0.25, -0.2) is 0 Å². The molecular weight excluding hydrogens is 852 g/mol. The zero-order chi connectivity index (χ0) is 39.8. The molecule has 0 amide bonds. The van der Waals surface area contributed by atoms with Crippen molar-refractivity contribution < 1.29 is 4.57 Å². The van der Waals surface area contributed by atoms with E-state index < -0.39 is 0 Å². The highest BCUT2D eigenvalue weighted by Gasteiger charge is 2.16. The Hall–Kier alpha value is -2.83. The molecule has 2 fully saturated rings. The molecule has 0 radical (unpaired) electrons. The maximum atomic E-state index is 4.21. The van der Waals surface area contributed by atoms with E-state index in [1.807, 2.05) is 25.3 Å². The number of nitrogens with zero attached hydrogens (tertiary/aromatic N) is 6. The van der Waals surface area contributed by atoms with Crippen LogP contribution in [0.15, 0.2) is 106 Å². The molecule has 0 atom stereocenters. The van der Waals surface area contributed by atoms with Gasteiger partial charge in [0.1, 0.15) is 6.54 Å². The third-order valence-electron chi connectivity index (χ3n) is 10.6. The zero-order valence-electron chi connectivity index (χ0n) is 34.6. The normalized spacial score (nSPS) is 16.8. The van der Waals surface area contributed by atoms with Crippen molar-refractivity contribution >= 4 is 80.0 Å². The van der Waals surface area contributed by atoms with Gasteiger partial charge in [-0.2, -0.15) is 4.57 Å². The Bertz CT molecular complexity index is 1720. The molecule has 5 rings (SSSR count). The fourth-order valence-electron chi connectivity index (χ4n) is 7.31. The van der Waals surface area contributed by atoms with Crippen LogP contribution in [-0.2, 0) is 6.54 Å². The van der Waals surface area contributed by atoms with Gasteiger partial charge >= 0.3 is 0 Å². The lowest BCUT2D eigenvalue weighted by Gasteiger charge is -2.24. The van der Waals surface area contributed by atoms with Crippen molar-refractivity contribution in [1.82, 2.24) is 9.80 Å². The van der Waals surface area contributed by atoms with Crippen LogP contribution in [-0.4, -0.2) is 99.5 Å². The van der Waals surface area contributed by atoms with E-state index in [2.05, 4.69) is 184 Å². The van der Waals surface area contributed by atoms with Gasteiger partial charge in [0, 0.05) is 96.7 Å². The monoisotopic (exact) mass is 917 g/mol. The molecule has 0 saturated carbocycles. The molecule has 0 N–H and O–H groups in total. The molecule has 0 aliphatic carbocycles. The van der Waals surface area contributed by atoms with Gasteiger partial charge in [-0.05, 0) is 167 Å². The number of aryl methyl sites for hydroxylation is 1. The van der Waals surface area contributed by atoms with Gasteiger partial charge in [-0.15, -0.1) is 0 Å². The number of halogens is 1. The lowest BCUT2D eigenvalue weighted by Crippen LogP contribution is -2.34. The fourth-order valence-corrected chi connectivity index (χ4v) is 10.00. The van der Waals surface area contributed by atoms with Crippen molar-refractivity contribution in [3.8, 4) is 0 Å². The maximum Gasteiger partial charge on any atom is 0.205 e. The Morgan fingerprint density at radius 3 is 1.84 bits per heavy atom. The first kappa shape index (κ1) is 45.3. The number of aromatic nitrogens is 1. The minimum Gasteiger partial charge on any atom is -0.370 e. The number of benzene rings is 2. The van der Waals surface area contributed by atoms with Crippen molar-refractivity contribution in [3.05, 3.63) is 118 Å². The van der Waals surface area contributed by atoms with Crippen molar-refractivity contribution in [3.63, 3.8) is 0 Å². The summed E-state index contributed by atoms with van der Waals surface area (Å²) in [5.41, 5.74) is 6.43. The summed E-state index contributed by atoms with van der Waals surface area (Å²) in [5, 5.41) is 0. The molecule has 3 aromatic rings. The average Bonchev–Trinajstić information content (AvgIpc) is 3.64. The quantitative estimate of drug-likeness (QED) is 0.0264. The third-order valence-corrected chi connectivity index (χ3v) is 13.9. The van der Waals surface area contributed by atoms with Gasteiger partial charge in [-0.3, -0.25) is 4.99 Å². The Labute approximate surface area is 366 Å². The lowest BCUT2D eigenvalue weighted by molar-refractivity contribution is -0.695. The van der Waals surface area contributed by atoms with Crippen LogP contribution in [0.5, 0.6) is 0 Å². The molecular formula is C48H66IN6S2+. The number of allylic oxidation sites excluding steroid dienone is 5. The molecule has 3 heterocycles. The van der Waals surface area contributed by atoms with Crippen LogP contribution in [0.1, 0.15) is 69.2 Å². The minimum atomic E-state index is 0.823. The highest BCUT2D eigenvalue weighted by Crippen LogP contribution is 2.25. The fraction of sp³-hybridized carbons (Fsp3) is 0.458. The van der Waals surface area contributed by atoms with Gasteiger partial charge in [0.15, 0.2) is 6.20 Å². The summed E-state index contributed by atoms with van der Waals surface area (Å²) in [6, 6.07) is 24.6. The van der Waals surface area contributed by atoms with E-state index in [0.717, 1.165) is 45.8 Å². The van der Waals surface area contributed by atoms with Crippen molar-refractivity contribution in [2.45, 2.75) is 58.9 Å². The van der Waals surface area contributed by atoms with E-state index in [-0.39, 0.29) is 0 Å². The molecule has 9 heteroatoms. The molecule has 2 aliphatic heterocycles. The summed E-state index contributed by atoms with van der Waals surface area (Å²) in [6.07, 6.45) is 26.7. The second-order valence-electron chi connectivity index (χ2n) is 14.8. The molecule has 57 heavy (non-hydrogen) atoms. The highest BCUT2D eigenvalue weighted by atomic mass is 127. The number of hydrogen-bond acceptors (Lipinski definition) is 7. The van der Waals surface area contributed by atoms with E-state index >= 15 is 0 Å². The molecule has 0 spiro atoms. The SMILES string of the molecule is CCN=C\C=C/C=C(I)/C=C/c1ccc(N2CCCN(CCCCSSCCCCN3CCCN(c4ccc(/C=C/c5cccc[n+]5CC)cc4)CC3)CC2)cc1. The van der Waals surface area contributed by atoms with Crippen molar-refractivity contribution in [2.24, 2.45) is 4.99 Å². The Balaban J connectivity index is 0.874. The van der Waals surface area contributed by atoms with Gasteiger partial charge in [0.05, 0.1) is 0 Å². The lowest BCUT2D eigenvalue weighted by atomic mass is 10.1. The Morgan fingerprint density at radius 1 is 0.667 bits per heavy atom. The maximum absolute atomic E-state index is 4.21. The topological polar surface area (TPSA) is 29.2 Å². The summed E-state index contributed by atoms with van der Waals surface area (Å²) < 4.78 is 3.46. The highest BCUT2D eigenvalue weighted by molar-refractivity contribution is 14.1. The molecule has 1 aromatic heterocycles. The average molecular weight is 918 g/mol. The van der Waals surface area contributed by atoms with E-state index in [4.69, 9.17) is 0 Å². The number of hydrogen-bond donors (Lipinski definition) is 0. The van der Waals surface area contributed by atoms with Gasteiger partial charge in [-0.1, -0.05) is 58.0 Å². The number of unbranched alkanes of at least 4 members (excludes halogenated alkanes) is 2. The predicted molar refractivity (Wildman–Crippen MR) is 263 cm³/mol. The molecule has 2 aliphatic rings. The molecule has 6 nitrogen and oxygen atoms in total. The Morgan fingerprint density at radius 2 is 1.26 bits per heavy atom. The summed E-state index contributed by atoms with van der Waals surface area (Å²) in [4.78, 5) is 14.7. The van der Waals surface area contributed by atoms with Gasteiger partial charge < -0.3 is 19.6 Å². The van der Waals surface area contributed by atoms with Crippen LogP contribution in [0.3, 0.4) is 0 Å². The van der Waals surface area contributed by atoms with E-state index in [0.29, 0.717) is 0 Å². The smallest absolute Gasteiger partial charge is 0.205 e. The van der Waals surface area contributed by atoms with Crippen LogP contribution in [0.4, 0.5) is 11.4 Å². The first-order valence-electron chi connectivity index (χ1n) is 21.4. The molecule has 306 valence electrons. The second kappa shape index (κ2) is 27.0. The van der Waals surface area contributed by atoms with Crippen LogP contribution in [0, 0.1) is 0 Å². The second-order valence-corrected chi connectivity index (χ2v) is 18.7. The van der Waals surface area contributed by atoms with Crippen LogP contribution in [0.25, 0.3) is 18.2 Å². The standard InChI is InChI=1S/C48H66IN6S2/c1-3-50-29-7-5-15-45(49)23-17-43-19-25-47(26-20-43)54-35-13-32-51(37-39-54)30-9-11-41-56-57-42-12-10-31-52-33-14-36-55(40-38-52)48-27-21-44(22-28-48)18-24-46-16-6-8-34-53(46)4-2/h5-8,15-29,34H,3-4,9-14,30-33,35-42H2,1-2H3/q+1/b7-5-,23-17+,45-15-,50-29?. The zero-order valence-corrected chi connectivity index (χ0v) is 38.4. The number of pyridine rings is 1. The first-order chi connectivity index (χ1) is 28.1. The minimum absolute atomic E-state index is 0.823. The molecule has 2 aromatic carbocycles. The van der Waals surface area contributed by atoms with Crippen LogP contribution < -0.4 is 14.4 Å². The first-order valence-corrected chi connectivity index (χ1v) is 24.9. The molecule has 0 bridgehead atoms. The van der Waals surface area contributed by atoms with Gasteiger partial charge in [0.25, 0.3) is 0 Å². The number of aliphatic imine (C=N–C) groups is 1. The van der Waals surface area contributed by atoms with Gasteiger partial charge in [0.2, 0.25) is 5.69 Å². The van der Waals surface area contributed by atoms with E-state index in [1.54, 1.807) is 0 Å². The van der Waals surface area contributed by atoms with Crippen molar-refractivity contribution in [2.75, 3.05) is 93.3 Å². The summed E-state index contributed by atoms with van der Waals surface area (Å²) >= 11 is 2.37. The summed E-state index contributed by atoms with van der Waals surface area (Å²) in [7, 11) is 4.19. The summed E-state index contributed by atoms with van der Waals surface area (Å²) in [5.74, 6) is 2.55. The van der Waals surface area contributed by atoms with Crippen LogP contribution >= 0.6 is 44.2 Å². The Kier molecular flexibility index (Phi) is 21.5. The number of rotatable bonds is 21. The third kappa shape index (κ3) is 17.1. The predicted octanol–water partition coefficient (Wildman–Crippen LogP) is 10.8.